The zero-order valence-corrected chi connectivity index (χ0v) is 9.62. The number of nitrogens with one attached hydrogen (secondary N) is 1. The van der Waals surface area contributed by atoms with Crippen LogP contribution in [-0.2, 0) is 0 Å². The summed E-state index contributed by atoms with van der Waals surface area (Å²) in [5.41, 5.74) is 1.80. The standard InChI is InChI=1S/C13H18N2/c1-4-13(10(2)3)15-12-7-5-11(9-14)6-8-12/h5-8,10,13,15H,4H2,1-3H3. The molecule has 0 radical (unpaired) electrons. The van der Waals surface area contributed by atoms with Crippen LogP contribution in [-0.4, -0.2) is 6.04 Å². The second kappa shape index (κ2) is 5.41. The summed E-state index contributed by atoms with van der Waals surface area (Å²) in [4.78, 5) is 0. The zero-order valence-electron chi connectivity index (χ0n) is 9.62. The van der Waals surface area contributed by atoms with E-state index in [0.29, 0.717) is 17.5 Å². The Morgan fingerprint density at radius 3 is 2.27 bits per heavy atom. The Morgan fingerprint density at radius 1 is 1.27 bits per heavy atom. The predicted molar refractivity (Wildman–Crippen MR) is 63.7 cm³/mol. The summed E-state index contributed by atoms with van der Waals surface area (Å²) in [7, 11) is 0. The maximum atomic E-state index is 8.67. The minimum atomic E-state index is 0.498. The Hall–Kier alpha value is -1.49. The molecule has 0 bridgehead atoms. The molecule has 1 aromatic carbocycles. The van der Waals surface area contributed by atoms with Crippen molar-refractivity contribution in [2.45, 2.75) is 33.2 Å². The van der Waals surface area contributed by atoms with Gasteiger partial charge in [-0.25, -0.2) is 0 Å². The molecular formula is C13H18N2. The number of benzene rings is 1. The lowest BCUT2D eigenvalue weighted by molar-refractivity contribution is 0.511. The van der Waals surface area contributed by atoms with Crippen LogP contribution in [0, 0.1) is 17.2 Å². The highest BCUT2D eigenvalue weighted by atomic mass is 14.9. The fraction of sp³-hybridized carbons (Fsp3) is 0.462. The van der Waals surface area contributed by atoms with Crippen LogP contribution in [0.4, 0.5) is 5.69 Å². The van der Waals surface area contributed by atoms with Gasteiger partial charge in [0.25, 0.3) is 0 Å². The largest absolute Gasteiger partial charge is 0.382 e. The van der Waals surface area contributed by atoms with E-state index in [1.807, 2.05) is 24.3 Å². The fourth-order valence-electron chi connectivity index (χ4n) is 1.60. The van der Waals surface area contributed by atoms with Gasteiger partial charge in [-0.1, -0.05) is 20.8 Å². The fourth-order valence-corrected chi connectivity index (χ4v) is 1.60. The molecule has 0 fully saturated rings. The molecule has 1 unspecified atom stereocenters. The van der Waals surface area contributed by atoms with Crippen LogP contribution in [0.25, 0.3) is 0 Å². The molecule has 0 aliphatic heterocycles. The van der Waals surface area contributed by atoms with E-state index in [0.717, 1.165) is 12.1 Å². The molecule has 0 aromatic heterocycles. The maximum Gasteiger partial charge on any atom is 0.0991 e. The SMILES string of the molecule is CCC(Nc1ccc(C#N)cc1)C(C)C. The Morgan fingerprint density at radius 2 is 1.87 bits per heavy atom. The van der Waals surface area contributed by atoms with Gasteiger partial charge in [-0.2, -0.15) is 5.26 Å². The summed E-state index contributed by atoms with van der Waals surface area (Å²) in [5, 5.41) is 12.1. The summed E-state index contributed by atoms with van der Waals surface area (Å²) in [5.74, 6) is 0.616. The molecule has 0 heterocycles. The third kappa shape index (κ3) is 3.28. The van der Waals surface area contributed by atoms with Crippen molar-refractivity contribution in [3.05, 3.63) is 29.8 Å². The molecule has 0 saturated carbocycles. The minimum absolute atomic E-state index is 0.498. The van der Waals surface area contributed by atoms with Crippen LogP contribution in [0.5, 0.6) is 0 Å². The van der Waals surface area contributed by atoms with E-state index >= 15 is 0 Å². The highest BCUT2D eigenvalue weighted by Gasteiger charge is 2.09. The van der Waals surface area contributed by atoms with Gasteiger partial charge in [-0.15, -0.1) is 0 Å². The van der Waals surface area contributed by atoms with Crippen molar-refractivity contribution in [1.82, 2.24) is 0 Å². The van der Waals surface area contributed by atoms with E-state index in [4.69, 9.17) is 5.26 Å². The summed E-state index contributed by atoms with van der Waals surface area (Å²) in [6, 6.07) is 10.2. The Labute approximate surface area is 91.9 Å². The molecule has 0 saturated heterocycles. The van der Waals surface area contributed by atoms with Crippen molar-refractivity contribution in [2.75, 3.05) is 5.32 Å². The van der Waals surface area contributed by atoms with E-state index in [1.54, 1.807) is 0 Å². The molecule has 80 valence electrons. The minimum Gasteiger partial charge on any atom is -0.382 e. The van der Waals surface area contributed by atoms with Crippen molar-refractivity contribution >= 4 is 5.69 Å². The monoisotopic (exact) mass is 202 g/mol. The first kappa shape index (κ1) is 11.6. The number of anilines is 1. The van der Waals surface area contributed by atoms with Gasteiger partial charge in [0.05, 0.1) is 11.6 Å². The molecule has 2 heteroatoms. The third-order valence-corrected chi connectivity index (χ3v) is 2.61. The van der Waals surface area contributed by atoms with Gasteiger partial charge in [-0.3, -0.25) is 0 Å². The lowest BCUT2D eigenvalue weighted by Crippen LogP contribution is -2.24. The number of hydrogen-bond acceptors (Lipinski definition) is 2. The topological polar surface area (TPSA) is 35.8 Å². The van der Waals surface area contributed by atoms with Crippen molar-refractivity contribution in [3.8, 4) is 6.07 Å². The third-order valence-electron chi connectivity index (χ3n) is 2.61. The summed E-state index contributed by atoms with van der Waals surface area (Å²) in [6.07, 6.45) is 1.11. The molecule has 15 heavy (non-hydrogen) atoms. The average molecular weight is 202 g/mol. The molecule has 0 aliphatic carbocycles. The Bertz CT molecular complexity index is 333. The van der Waals surface area contributed by atoms with E-state index in [1.165, 1.54) is 0 Å². The molecular weight excluding hydrogens is 184 g/mol. The maximum absolute atomic E-state index is 8.67. The van der Waals surface area contributed by atoms with Crippen molar-refractivity contribution < 1.29 is 0 Å². The highest BCUT2D eigenvalue weighted by Crippen LogP contribution is 2.15. The van der Waals surface area contributed by atoms with Gasteiger partial charge >= 0.3 is 0 Å². The Balaban J connectivity index is 2.68. The number of hydrogen-bond donors (Lipinski definition) is 1. The molecule has 1 rings (SSSR count). The van der Waals surface area contributed by atoms with Crippen LogP contribution in [0.2, 0.25) is 0 Å². The van der Waals surface area contributed by atoms with Crippen molar-refractivity contribution in [2.24, 2.45) is 5.92 Å². The second-order valence-corrected chi connectivity index (χ2v) is 4.09. The predicted octanol–water partition coefficient (Wildman–Crippen LogP) is 3.40. The second-order valence-electron chi connectivity index (χ2n) is 4.09. The molecule has 2 nitrogen and oxygen atoms in total. The summed E-state index contributed by atoms with van der Waals surface area (Å²) < 4.78 is 0. The van der Waals surface area contributed by atoms with Gasteiger partial charge in [0.1, 0.15) is 0 Å². The lowest BCUT2D eigenvalue weighted by Gasteiger charge is -2.21. The van der Waals surface area contributed by atoms with Gasteiger partial charge in [0.15, 0.2) is 0 Å². The quantitative estimate of drug-likeness (QED) is 0.812. The number of nitrogens with zero attached hydrogens (tertiary/aromatic N) is 1. The normalized spacial score (nSPS) is 12.2. The molecule has 1 aromatic rings. The lowest BCUT2D eigenvalue weighted by atomic mass is 10.0. The molecule has 0 aliphatic rings. The summed E-state index contributed by atoms with van der Waals surface area (Å²) >= 11 is 0. The van der Waals surface area contributed by atoms with E-state index in [-0.39, 0.29) is 0 Å². The number of nitriles is 1. The van der Waals surface area contributed by atoms with Crippen LogP contribution in [0.1, 0.15) is 32.8 Å². The number of rotatable bonds is 4. The van der Waals surface area contributed by atoms with Crippen LogP contribution in [0.3, 0.4) is 0 Å². The van der Waals surface area contributed by atoms with Gasteiger partial charge in [-0.05, 0) is 36.6 Å². The van der Waals surface area contributed by atoms with Crippen molar-refractivity contribution in [1.29, 1.82) is 5.26 Å². The molecule has 0 amide bonds. The summed E-state index contributed by atoms with van der Waals surface area (Å²) in [6.45, 7) is 6.61. The van der Waals surface area contributed by atoms with Gasteiger partial charge in [0.2, 0.25) is 0 Å². The van der Waals surface area contributed by atoms with Crippen LogP contribution in [0.15, 0.2) is 24.3 Å². The molecule has 0 spiro atoms. The molecule has 1 atom stereocenters. The van der Waals surface area contributed by atoms with Crippen LogP contribution < -0.4 is 5.32 Å². The first-order valence-corrected chi connectivity index (χ1v) is 5.44. The first-order valence-electron chi connectivity index (χ1n) is 5.44. The van der Waals surface area contributed by atoms with E-state index in [2.05, 4.69) is 32.2 Å². The highest BCUT2D eigenvalue weighted by molar-refractivity contribution is 5.47. The molecule has 1 N–H and O–H groups in total. The van der Waals surface area contributed by atoms with E-state index < -0.39 is 0 Å². The first-order chi connectivity index (χ1) is 7.17. The van der Waals surface area contributed by atoms with Crippen LogP contribution >= 0.6 is 0 Å². The zero-order chi connectivity index (χ0) is 11.3. The van der Waals surface area contributed by atoms with E-state index in [9.17, 15) is 0 Å². The van der Waals surface area contributed by atoms with Gasteiger partial charge < -0.3 is 5.32 Å². The van der Waals surface area contributed by atoms with Crippen molar-refractivity contribution in [3.63, 3.8) is 0 Å². The average Bonchev–Trinajstić information content (AvgIpc) is 2.26. The van der Waals surface area contributed by atoms with Gasteiger partial charge in [0, 0.05) is 11.7 Å². The smallest absolute Gasteiger partial charge is 0.0991 e. The Kier molecular flexibility index (Phi) is 4.17.